The van der Waals surface area contributed by atoms with Crippen LogP contribution in [0.25, 0.3) is 0 Å². The third-order valence-electron chi connectivity index (χ3n) is 9.44. The lowest BCUT2D eigenvalue weighted by atomic mass is 9.78. The lowest BCUT2D eigenvalue weighted by Gasteiger charge is -2.35. The van der Waals surface area contributed by atoms with Crippen molar-refractivity contribution in [3.05, 3.63) is 57.6 Å². The summed E-state index contributed by atoms with van der Waals surface area (Å²) in [6.45, 7) is 25.6. The summed E-state index contributed by atoms with van der Waals surface area (Å²) in [6, 6.07) is 7.11. The first-order chi connectivity index (χ1) is 20.8. The second-order valence-electron chi connectivity index (χ2n) is 17.7. The Labute approximate surface area is 282 Å². The number of carbonyl (C=O) groups is 2. The van der Waals surface area contributed by atoms with Crippen molar-refractivity contribution in [3.63, 3.8) is 0 Å². The smallest absolute Gasteiger partial charge is 0.324 e. The molecule has 2 rings (SSSR count). The van der Waals surface area contributed by atoms with Crippen LogP contribution in [0.15, 0.2) is 24.3 Å². The molecule has 0 aliphatic carbocycles. The molecule has 2 unspecified atom stereocenters. The second kappa shape index (κ2) is 12.8. The van der Waals surface area contributed by atoms with Crippen molar-refractivity contribution in [1.82, 2.24) is 0 Å². The van der Waals surface area contributed by atoms with E-state index in [4.69, 9.17) is 0 Å². The first-order valence-corrected chi connectivity index (χ1v) is 17.8. The predicted octanol–water partition coefficient (Wildman–Crippen LogP) is 7.95. The summed E-state index contributed by atoms with van der Waals surface area (Å²) in [6.07, 6.45) is -0.669. The monoisotopic (exact) mass is 674 g/mol. The maximum absolute atomic E-state index is 14.4. The Morgan fingerprint density at radius 3 is 0.894 bits per heavy atom. The molecule has 47 heavy (non-hydrogen) atoms. The van der Waals surface area contributed by atoms with Crippen LogP contribution in [0.5, 0.6) is 11.5 Å². The highest BCUT2D eigenvalue weighted by atomic mass is 32.2. The van der Waals surface area contributed by atoms with Gasteiger partial charge in [0.05, 0.1) is 0 Å². The number of sulfone groups is 1. The van der Waals surface area contributed by atoms with Gasteiger partial charge in [0, 0.05) is 0 Å². The number of phenolic OH excluding ortho intramolecular Hbond substituents is 2. The van der Waals surface area contributed by atoms with Gasteiger partial charge in [0.2, 0.25) is 0 Å². The van der Waals surface area contributed by atoms with Crippen molar-refractivity contribution in [2.75, 3.05) is 0 Å². The molecular weight excluding hydrogens is 616 g/mol. The number of hydrogen-bond donors (Lipinski definition) is 4. The van der Waals surface area contributed by atoms with Gasteiger partial charge in [0.15, 0.2) is 19.3 Å². The van der Waals surface area contributed by atoms with Crippen molar-refractivity contribution in [2.24, 2.45) is 0 Å². The van der Waals surface area contributed by atoms with Crippen LogP contribution in [0.3, 0.4) is 0 Å². The molecule has 9 heteroatoms. The van der Waals surface area contributed by atoms with Crippen LogP contribution >= 0.6 is 0 Å². The van der Waals surface area contributed by atoms with E-state index >= 15 is 0 Å². The number of carboxylic acids is 2. The normalized spacial score (nSPS) is 16.0. The number of benzene rings is 2. The molecule has 0 aliphatic rings. The van der Waals surface area contributed by atoms with Crippen LogP contribution < -0.4 is 0 Å². The predicted molar refractivity (Wildman–Crippen MR) is 189 cm³/mol. The van der Waals surface area contributed by atoms with Crippen LogP contribution in [0, 0.1) is 0 Å². The van der Waals surface area contributed by atoms with E-state index in [0.717, 1.165) is 13.8 Å². The number of aliphatic carboxylic acids is 2. The molecule has 0 spiro atoms. The Morgan fingerprint density at radius 1 is 0.511 bits per heavy atom. The van der Waals surface area contributed by atoms with Gasteiger partial charge in [0.1, 0.15) is 11.5 Å². The minimum atomic E-state index is -4.87. The Morgan fingerprint density at radius 2 is 0.723 bits per heavy atom. The lowest BCUT2D eigenvalue weighted by molar-refractivity contribution is -0.140. The molecule has 0 amide bonds. The van der Waals surface area contributed by atoms with E-state index in [1.165, 1.54) is 0 Å². The molecule has 264 valence electrons. The van der Waals surface area contributed by atoms with Gasteiger partial charge in [-0.05, 0) is 94.6 Å². The quantitative estimate of drug-likeness (QED) is 0.198. The minimum absolute atomic E-state index is 0.0337. The van der Waals surface area contributed by atoms with E-state index in [1.807, 2.05) is 83.1 Å². The van der Waals surface area contributed by atoms with Gasteiger partial charge in [-0.1, -0.05) is 107 Å². The van der Waals surface area contributed by atoms with Crippen LogP contribution in [-0.4, -0.2) is 50.3 Å². The molecule has 4 N–H and O–H groups in total. The third kappa shape index (κ3) is 7.98. The maximum Gasteiger partial charge on any atom is 0.324 e. The van der Waals surface area contributed by atoms with Gasteiger partial charge < -0.3 is 20.4 Å². The number of rotatable bonds is 10. The van der Waals surface area contributed by atoms with E-state index in [9.17, 15) is 38.4 Å². The van der Waals surface area contributed by atoms with E-state index in [2.05, 4.69) is 0 Å². The van der Waals surface area contributed by atoms with Crippen molar-refractivity contribution < 1.29 is 38.4 Å². The van der Waals surface area contributed by atoms with E-state index in [1.54, 1.807) is 24.3 Å². The highest BCUT2D eigenvalue weighted by Crippen LogP contribution is 2.43. The van der Waals surface area contributed by atoms with Crippen molar-refractivity contribution in [1.29, 1.82) is 0 Å². The fourth-order valence-electron chi connectivity index (χ4n) is 5.94. The van der Waals surface area contributed by atoms with E-state index in [0.29, 0.717) is 33.4 Å². The summed E-state index contributed by atoms with van der Waals surface area (Å²) in [4.78, 5) is 25.7. The largest absolute Gasteiger partial charge is 0.507 e. The van der Waals surface area contributed by atoms with Gasteiger partial charge in [-0.15, -0.1) is 0 Å². The Kier molecular flexibility index (Phi) is 10.9. The van der Waals surface area contributed by atoms with Crippen LogP contribution in [0.2, 0.25) is 0 Å². The van der Waals surface area contributed by atoms with Gasteiger partial charge in [-0.25, -0.2) is 8.42 Å². The SMILES string of the molecule is CC(C)(C)c1cc(CCC(C)(C(=O)O)S(=O)(=O)C(C)(CCc2cc(C(C)(C)C)c(O)c(C(C)(C)C)c2)C(=O)O)cc(C(C)(C)C)c1O. The van der Waals surface area contributed by atoms with E-state index in [-0.39, 0.29) is 37.2 Å². The van der Waals surface area contributed by atoms with Crippen molar-refractivity contribution in [2.45, 2.75) is 154 Å². The number of aryl methyl sites for hydroxylation is 2. The zero-order chi connectivity index (χ0) is 36.9. The van der Waals surface area contributed by atoms with Gasteiger partial charge >= 0.3 is 11.9 Å². The number of aromatic hydroxyl groups is 2. The Bertz CT molecular complexity index is 1440. The first-order valence-electron chi connectivity index (χ1n) is 16.3. The molecule has 0 fully saturated rings. The van der Waals surface area contributed by atoms with E-state index < -0.39 is 52.9 Å². The molecule has 8 nitrogen and oxygen atoms in total. The Hall–Kier alpha value is -3.07. The third-order valence-corrected chi connectivity index (χ3v) is 12.6. The molecule has 2 aromatic carbocycles. The number of phenols is 2. The molecule has 0 saturated carbocycles. The zero-order valence-corrected chi connectivity index (χ0v) is 31.8. The summed E-state index contributed by atoms with van der Waals surface area (Å²) >= 11 is 0. The molecule has 0 saturated heterocycles. The van der Waals surface area contributed by atoms with Gasteiger partial charge in [-0.2, -0.15) is 0 Å². The summed E-state index contributed by atoms with van der Waals surface area (Å²) in [5.41, 5.74) is 2.17. The lowest BCUT2D eigenvalue weighted by Crippen LogP contribution is -2.57. The first kappa shape index (κ1) is 40.1. The molecule has 0 aromatic heterocycles. The highest BCUT2D eigenvalue weighted by molar-refractivity contribution is 7.95. The second-order valence-corrected chi connectivity index (χ2v) is 20.5. The van der Waals surface area contributed by atoms with Crippen molar-refractivity contribution in [3.8, 4) is 11.5 Å². The standard InChI is InChI=1S/C38H58O8S/c1-33(2,3)25-19-23(20-26(29(25)39)34(4,5)6)15-17-37(13,31(41)42)47(45,46)38(14,32(43)44)18-16-24-21-27(35(7,8)9)30(40)28(22-24)36(10,11)12/h19-22,39-40H,15-18H2,1-14H3,(H,41,42)(H,43,44). The summed E-state index contributed by atoms with van der Waals surface area (Å²) in [7, 11) is -4.87. The average molecular weight is 675 g/mol. The molecule has 0 radical (unpaired) electrons. The fourth-order valence-corrected chi connectivity index (χ4v) is 8.14. The molecule has 0 aliphatic heterocycles. The fraction of sp³-hybridized carbons (Fsp3) is 0.632. The molecule has 0 heterocycles. The zero-order valence-electron chi connectivity index (χ0n) is 31.0. The molecular formula is C38H58O8S. The van der Waals surface area contributed by atoms with Gasteiger partial charge in [0.25, 0.3) is 0 Å². The maximum atomic E-state index is 14.4. The van der Waals surface area contributed by atoms with Crippen LogP contribution in [0.1, 0.15) is 143 Å². The summed E-state index contributed by atoms with van der Waals surface area (Å²) < 4.78 is 23.9. The average Bonchev–Trinajstić information content (AvgIpc) is 2.88. The molecule has 2 atom stereocenters. The Balaban J connectivity index is 2.64. The number of carboxylic acid groups (broad SMARTS) is 2. The van der Waals surface area contributed by atoms with Crippen LogP contribution in [0.4, 0.5) is 0 Å². The van der Waals surface area contributed by atoms with Gasteiger partial charge in [-0.3, -0.25) is 9.59 Å². The van der Waals surface area contributed by atoms with Crippen molar-refractivity contribution >= 4 is 21.8 Å². The minimum Gasteiger partial charge on any atom is -0.507 e. The van der Waals surface area contributed by atoms with Crippen LogP contribution in [-0.2, 0) is 53.9 Å². The number of hydrogen-bond acceptors (Lipinski definition) is 6. The topological polar surface area (TPSA) is 149 Å². The summed E-state index contributed by atoms with van der Waals surface area (Å²) in [5, 5.41) is 43.1. The molecule has 2 aromatic rings. The molecule has 0 bridgehead atoms. The summed E-state index contributed by atoms with van der Waals surface area (Å²) in [5.74, 6) is -2.94. The highest BCUT2D eigenvalue weighted by Gasteiger charge is 2.59.